The van der Waals surface area contributed by atoms with Crippen LogP contribution in [0.3, 0.4) is 0 Å². The fourth-order valence-corrected chi connectivity index (χ4v) is 1.87. The van der Waals surface area contributed by atoms with Crippen LogP contribution < -0.4 is 10.1 Å². The lowest BCUT2D eigenvalue weighted by atomic mass is 10.2. The number of furan rings is 1. The molecule has 0 aliphatic carbocycles. The van der Waals surface area contributed by atoms with Gasteiger partial charge in [-0.05, 0) is 41.9 Å². The van der Waals surface area contributed by atoms with E-state index in [1.54, 1.807) is 13.3 Å². The summed E-state index contributed by atoms with van der Waals surface area (Å²) in [6.07, 6.45) is 1.65. The smallest absolute Gasteiger partial charge is 0.232 e. The quantitative estimate of drug-likeness (QED) is 0.938. The Labute approximate surface area is 114 Å². The molecule has 0 saturated heterocycles. The van der Waals surface area contributed by atoms with Gasteiger partial charge in [0.15, 0.2) is 0 Å². The van der Waals surface area contributed by atoms with Gasteiger partial charge in [-0.25, -0.2) is 4.98 Å². The SMILES string of the molecule is COc1nc(NC(C)c2ccc(C)o2)ncc1Br. The maximum Gasteiger partial charge on any atom is 0.232 e. The molecule has 2 aromatic rings. The van der Waals surface area contributed by atoms with E-state index >= 15 is 0 Å². The Balaban J connectivity index is 2.14. The minimum absolute atomic E-state index is 0.00965. The lowest BCUT2D eigenvalue weighted by Crippen LogP contribution is -2.09. The Hall–Kier alpha value is -1.56. The molecular weight excluding hydrogens is 298 g/mol. The summed E-state index contributed by atoms with van der Waals surface area (Å²) in [5, 5.41) is 3.16. The highest BCUT2D eigenvalue weighted by Crippen LogP contribution is 2.24. The zero-order valence-corrected chi connectivity index (χ0v) is 12.0. The Bertz CT molecular complexity index is 542. The third-order valence-electron chi connectivity index (χ3n) is 2.44. The van der Waals surface area contributed by atoms with E-state index in [0.717, 1.165) is 16.0 Å². The lowest BCUT2D eigenvalue weighted by Gasteiger charge is -2.12. The molecule has 0 spiro atoms. The highest BCUT2D eigenvalue weighted by atomic mass is 79.9. The Morgan fingerprint density at radius 1 is 1.44 bits per heavy atom. The molecule has 5 nitrogen and oxygen atoms in total. The van der Waals surface area contributed by atoms with E-state index in [2.05, 4.69) is 31.2 Å². The first-order valence-corrected chi connectivity index (χ1v) is 6.29. The van der Waals surface area contributed by atoms with Crippen LogP contribution >= 0.6 is 15.9 Å². The van der Waals surface area contributed by atoms with Gasteiger partial charge in [0.1, 0.15) is 11.5 Å². The fourth-order valence-electron chi connectivity index (χ4n) is 1.52. The molecule has 2 heterocycles. The maximum absolute atomic E-state index is 5.54. The summed E-state index contributed by atoms with van der Waals surface area (Å²) in [5.74, 6) is 2.72. The predicted octanol–water partition coefficient (Wildman–Crippen LogP) is 3.32. The third kappa shape index (κ3) is 2.81. The summed E-state index contributed by atoms with van der Waals surface area (Å²) in [7, 11) is 1.57. The van der Waals surface area contributed by atoms with Gasteiger partial charge >= 0.3 is 0 Å². The van der Waals surface area contributed by atoms with Crippen LogP contribution in [0.25, 0.3) is 0 Å². The molecule has 6 heteroatoms. The molecule has 0 amide bonds. The summed E-state index contributed by atoms with van der Waals surface area (Å²) < 4.78 is 11.4. The number of anilines is 1. The van der Waals surface area contributed by atoms with Gasteiger partial charge in [-0.3, -0.25) is 0 Å². The molecule has 0 aliphatic heterocycles. The second-order valence-corrected chi connectivity index (χ2v) is 4.72. The topological polar surface area (TPSA) is 60.2 Å². The number of ether oxygens (including phenoxy) is 1. The van der Waals surface area contributed by atoms with E-state index in [4.69, 9.17) is 9.15 Å². The van der Waals surface area contributed by atoms with Gasteiger partial charge in [-0.1, -0.05) is 0 Å². The molecule has 0 bridgehead atoms. The second-order valence-electron chi connectivity index (χ2n) is 3.87. The highest BCUT2D eigenvalue weighted by molar-refractivity contribution is 9.10. The predicted molar refractivity (Wildman–Crippen MR) is 71.8 cm³/mol. The van der Waals surface area contributed by atoms with Crippen LogP contribution in [0.4, 0.5) is 5.95 Å². The summed E-state index contributed by atoms with van der Waals surface area (Å²) >= 11 is 3.31. The molecule has 0 aliphatic rings. The minimum atomic E-state index is -0.00965. The average molecular weight is 312 g/mol. The van der Waals surface area contributed by atoms with Crippen molar-refractivity contribution in [1.82, 2.24) is 9.97 Å². The number of nitrogens with one attached hydrogen (secondary N) is 1. The number of hydrogen-bond acceptors (Lipinski definition) is 5. The third-order valence-corrected chi connectivity index (χ3v) is 2.98. The molecule has 0 saturated carbocycles. The molecular formula is C12H14BrN3O2. The van der Waals surface area contributed by atoms with E-state index < -0.39 is 0 Å². The number of hydrogen-bond donors (Lipinski definition) is 1. The van der Waals surface area contributed by atoms with Gasteiger partial charge in [0.25, 0.3) is 0 Å². The molecule has 1 unspecified atom stereocenters. The van der Waals surface area contributed by atoms with E-state index in [0.29, 0.717) is 11.8 Å². The Morgan fingerprint density at radius 3 is 2.83 bits per heavy atom. The van der Waals surface area contributed by atoms with Crippen LogP contribution in [0.15, 0.2) is 27.2 Å². The average Bonchev–Trinajstić information content (AvgIpc) is 2.78. The molecule has 0 fully saturated rings. The molecule has 0 radical (unpaired) electrons. The number of methoxy groups -OCH3 is 1. The number of nitrogens with zero attached hydrogens (tertiary/aromatic N) is 2. The standard InChI is InChI=1S/C12H14BrN3O2/c1-7-4-5-10(18-7)8(2)15-12-14-6-9(13)11(16-12)17-3/h4-6,8H,1-3H3,(H,14,15,16). The summed E-state index contributed by atoms with van der Waals surface area (Å²) in [6.45, 7) is 3.89. The maximum atomic E-state index is 5.54. The molecule has 2 aromatic heterocycles. The van der Waals surface area contributed by atoms with Gasteiger partial charge in [-0.2, -0.15) is 4.98 Å². The Kier molecular flexibility index (Phi) is 3.86. The van der Waals surface area contributed by atoms with Crippen LogP contribution in [0.1, 0.15) is 24.5 Å². The van der Waals surface area contributed by atoms with Crippen molar-refractivity contribution < 1.29 is 9.15 Å². The minimum Gasteiger partial charge on any atom is -0.480 e. The van der Waals surface area contributed by atoms with Crippen LogP contribution in [-0.4, -0.2) is 17.1 Å². The summed E-state index contributed by atoms with van der Waals surface area (Å²) in [5.41, 5.74) is 0. The van der Waals surface area contributed by atoms with Crippen molar-refractivity contribution in [2.24, 2.45) is 0 Å². The van der Waals surface area contributed by atoms with Crippen molar-refractivity contribution in [1.29, 1.82) is 0 Å². The summed E-state index contributed by atoms with van der Waals surface area (Å²) in [6, 6.07) is 3.85. The molecule has 0 aromatic carbocycles. The van der Waals surface area contributed by atoms with Gasteiger partial charge in [0.2, 0.25) is 11.8 Å². The van der Waals surface area contributed by atoms with E-state index in [1.807, 2.05) is 26.0 Å². The molecule has 1 N–H and O–H groups in total. The first-order chi connectivity index (χ1) is 8.60. The number of rotatable bonds is 4. The first-order valence-electron chi connectivity index (χ1n) is 5.49. The van der Waals surface area contributed by atoms with Crippen LogP contribution in [0.2, 0.25) is 0 Å². The monoisotopic (exact) mass is 311 g/mol. The van der Waals surface area contributed by atoms with Crippen molar-refractivity contribution >= 4 is 21.9 Å². The normalized spacial score (nSPS) is 12.2. The number of halogens is 1. The fraction of sp³-hybridized carbons (Fsp3) is 0.333. The zero-order chi connectivity index (χ0) is 13.1. The van der Waals surface area contributed by atoms with Crippen LogP contribution in [-0.2, 0) is 0 Å². The van der Waals surface area contributed by atoms with Gasteiger partial charge in [0.05, 0.1) is 23.8 Å². The van der Waals surface area contributed by atoms with E-state index in [-0.39, 0.29) is 6.04 Å². The van der Waals surface area contributed by atoms with Gasteiger partial charge in [0, 0.05) is 0 Å². The molecule has 2 rings (SSSR count). The van der Waals surface area contributed by atoms with Crippen molar-refractivity contribution in [2.75, 3.05) is 12.4 Å². The number of aromatic nitrogens is 2. The van der Waals surface area contributed by atoms with Crippen molar-refractivity contribution in [3.8, 4) is 5.88 Å². The molecule has 18 heavy (non-hydrogen) atoms. The van der Waals surface area contributed by atoms with Crippen LogP contribution in [0.5, 0.6) is 5.88 Å². The zero-order valence-electron chi connectivity index (χ0n) is 10.4. The lowest BCUT2D eigenvalue weighted by molar-refractivity contribution is 0.394. The molecule has 1 atom stereocenters. The number of aryl methyl sites for hydroxylation is 1. The molecule has 96 valence electrons. The van der Waals surface area contributed by atoms with E-state index in [9.17, 15) is 0 Å². The Morgan fingerprint density at radius 2 is 2.22 bits per heavy atom. The van der Waals surface area contributed by atoms with Crippen LogP contribution in [0, 0.1) is 6.92 Å². The van der Waals surface area contributed by atoms with Crippen molar-refractivity contribution in [3.05, 3.63) is 34.3 Å². The largest absolute Gasteiger partial charge is 0.480 e. The first kappa shape index (κ1) is 12.9. The van der Waals surface area contributed by atoms with E-state index in [1.165, 1.54) is 0 Å². The summed E-state index contributed by atoms with van der Waals surface area (Å²) in [4.78, 5) is 8.40. The highest BCUT2D eigenvalue weighted by Gasteiger charge is 2.12. The van der Waals surface area contributed by atoms with Crippen molar-refractivity contribution in [3.63, 3.8) is 0 Å². The van der Waals surface area contributed by atoms with Crippen molar-refractivity contribution in [2.45, 2.75) is 19.9 Å². The van der Waals surface area contributed by atoms with Gasteiger partial charge < -0.3 is 14.5 Å². The second kappa shape index (κ2) is 5.39. The van der Waals surface area contributed by atoms with Gasteiger partial charge in [-0.15, -0.1) is 0 Å².